The van der Waals surface area contributed by atoms with Gasteiger partial charge in [0.15, 0.2) is 0 Å². The van der Waals surface area contributed by atoms with Gasteiger partial charge < -0.3 is 10.1 Å². The largest absolute Gasteiger partial charge is 0.373 e. The standard InChI is InChI=1S/C18H27NO/c1-2-10-19-13-17-7-4-11-20-18(17)16-6-3-5-15(12-16)14-8-9-14/h3,5-6,12,14,17-19H,2,4,7-11,13H2,1H3. The lowest BCUT2D eigenvalue weighted by molar-refractivity contribution is -0.0277. The monoisotopic (exact) mass is 273 g/mol. The Bertz CT molecular complexity index is 427. The molecule has 2 unspecified atom stereocenters. The van der Waals surface area contributed by atoms with E-state index < -0.39 is 0 Å². The second-order valence-corrected chi connectivity index (χ2v) is 6.34. The molecule has 2 atom stereocenters. The van der Waals surface area contributed by atoms with Crippen molar-refractivity contribution in [1.29, 1.82) is 0 Å². The van der Waals surface area contributed by atoms with Crippen LogP contribution in [0.3, 0.4) is 0 Å². The molecule has 1 aromatic rings. The summed E-state index contributed by atoms with van der Waals surface area (Å²) in [4.78, 5) is 0. The third-order valence-corrected chi connectivity index (χ3v) is 4.57. The average Bonchev–Trinajstić information content (AvgIpc) is 3.33. The fourth-order valence-electron chi connectivity index (χ4n) is 3.29. The molecular weight excluding hydrogens is 246 g/mol. The van der Waals surface area contributed by atoms with E-state index in [1.165, 1.54) is 43.2 Å². The lowest BCUT2D eigenvalue weighted by atomic mass is 9.88. The minimum atomic E-state index is 0.298. The Balaban J connectivity index is 1.69. The molecule has 1 saturated heterocycles. The molecule has 0 spiro atoms. The van der Waals surface area contributed by atoms with Gasteiger partial charge in [-0.2, -0.15) is 0 Å². The van der Waals surface area contributed by atoms with Crippen LogP contribution in [0.15, 0.2) is 24.3 Å². The normalized spacial score (nSPS) is 26.6. The first-order valence-corrected chi connectivity index (χ1v) is 8.30. The minimum Gasteiger partial charge on any atom is -0.373 e. The lowest BCUT2D eigenvalue weighted by Gasteiger charge is -2.32. The van der Waals surface area contributed by atoms with Crippen LogP contribution in [0.5, 0.6) is 0 Å². The second kappa shape index (κ2) is 6.73. The number of ether oxygens (including phenoxy) is 1. The number of rotatable bonds is 6. The molecule has 110 valence electrons. The molecule has 1 saturated carbocycles. The molecule has 2 nitrogen and oxygen atoms in total. The van der Waals surface area contributed by atoms with E-state index >= 15 is 0 Å². The number of hydrogen-bond donors (Lipinski definition) is 1. The average molecular weight is 273 g/mol. The van der Waals surface area contributed by atoms with Crippen molar-refractivity contribution in [2.45, 2.75) is 51.0 Å². The van der Waals surface area contributed by atoms with E-state index in [9.17, 15) is 0 Å². The zero-order valence-electron chi connectivity index (χ0n) is 12.6. The van der Waals surface area contributed by atoms with Gasteiger partial charge in [0.05, 0.1) is 6.10 Å². The summed E-state index contributed by atoms with van der Waals surface area (Å²) in [5.74, 6) is 1.46. The summed E-state index contributed by atoms with van der Waals surface area (Å²) in [6.45, 7) is 5.35. The summed E-state index contributed by atoms with van der Waals surface area (Å²) in [6.07, 6.45) is 6.74. The zero-order chi connectivity index (χ0) is 13.8. The Hall–Kier alpha value is -0.860. The summed E-state index contributed by atoms with van der Waals surface area (Å²) in [6, 6.07) is 9.17. The molecule has 0 bridgehead atoms. The van der Waals surface area contributed by atoms with E-state index in [0.717, 1.165) is 25.6 Å². The first-order chi connectivity index (χ1) is 9.88. The maximum absolute atomic E-state index is 6.12. The first-order valence-electron chi connectivity index (χ1n) is 8.30. The summed E-state index contributed by atoms with van der Waals surface area (Å²) >= 11 is 0. The SMILES string of the molecule is CCCNCC1CCCOC1c1cccc(C2CC2)c1. The molecular formula is C18H27NO. The topological polar surface area (TPSA) is 21.3 Å². The summed E-state index contributed by atoms with van der Waals surface area (Å²) in [7, 11) is 0. The third-order valence-electron chi connectivity index (χ3n) is 4.57. The molecule has 0 radical (unpaired) electrons. The van der Waals surface area contributed by atoms with Crippen molar-refractivity contribution in [1.82, 2.24) is 5.32 Å². The van der Waals surface area contributed by atoms with E-state index in [0.29, 0.717) is 12.0 Å². The van der Waals surface area contributed by atoms with Crippen LogP contribution in [0.2, 0.25) is 0 Å². The van der Waals surface area contributed by atoms with Crippen molar-refractivity contribution in [2.75, 3.05) is 19.7 Å². The number of hydrogen-bond acceptors (Lipinski definition) is 2. The van der Waals surface area contributed by atoms with Gasteiger partial charge >= 0.3 is 0 Å². The number of benzene rings is 1. The van der Waals surface area contributed by atoms with E-state index in [1.807, 2.05) is 0 Å². The molecule has 1 aliphatic carbocycles. The van der Waals surface area contributed by atoms with Crippen molar-refractivity contribution in [3.63, 3.8) is 0 Å². The van der Waals surface area contributed by atoms with Crippen molar-refractivity contribution in [3.05, 3.63) is 35.4 Å². The van der Waals surface area contributed by atoms with Gasteiger partial charge in [-0.1, -0.05) is 31.2 Å². The Morgan fingerprint density at radius 1 is 1.20 bits per heavy atom. The molecule has 2 heteroatoms. The summed E-state index contributed by atoms with van der Waals surface area (Å²) in [5.41, 5.74) is 2.93. The van der Waals surface area contributed by atoms with Crippen molar-refractivity contribution in [3.8, 4) is 0 Å². The van der Waals surface area contributed by atoms with Crippen molar-refractivity contribution >= 4 is 0 Å². The van der Waals surface area contributed by atoms with E-state index in [4.69, 9.17) is 4.74 Å². The fraction of sp³-hybridized carbons (Fsp3) is 0.667. The quantitative estimate of drug-likeness (QED) is 0.790. The zero-order valence-corrected chi connectivity index (χ0v) is 12.6. The summed E-state index contributed by atoms with van der Waals surface area (Å²) < 4.78 is 6.12. The van der Waals surface area contributed by atoms with Crippen molar-refractivity contribution in [2.24, 2.45) is 5.92 Å². The van der Waals surface area contributed by atoms with Gasteiger partial charge in [0, 0.05) is 19.1 Å². The molecule has 1 aliphatic heterocycles. The van der Waals surface area contributed by atoms with Crippen LogP contribution < -0.4 is 5.32 Å². The van der Waals surface area contributed by atoms with Crippen LogP contribution >= 0.6 is 0 Å². The Labute approximate surface area is 122 Å². The number of nitrogens with one attached hydrogen (secondary N) is 1. The Morgan fingerprint density at radius 3 is 2.85 bits per heavy atom. The van der Waals surface area contributed by atoms with Gasteiger partial charge in [0.25, 0.3) is 0 Å². The maximum Gasteiger partial charge on any atom is 0.0865 e. The van der Waals surface area contributed by atoms with Gasteiger partial charge in [0.1, 0.15) is 0 Å². The molecule has 2 aliphatic rings. The molecule has 3 rings (SSSR count). The first kappa shape index (κ1) is 14.1. The van der Waals surface area contributed by atoms with Crippen molar-refractivity contribution < 1.29 is 4.74 Å². The van der Waals surface area contributed by atoms with Gasteiger partial charge in [-0.05, 0) is 55.7 Å². The van der Waals surface area contributed by atoms with Gasteiger partial charge in [-0.15, -0.1) is 0 Å². The minimum absolute atomic E-state index is 0.298. The molecule has 20 heavy (non-hydrogen) atoms. The van der Waals surface area contributed by atoms with Crippen LogP contribution in [0.4, 0.5) is 0 Å². The Morgan fingerprint density at radius 2 is 2.05 bits per heavy atom. The smallest absolute Gasteiger partial charge is 0.0865 e. The molecule has 1 heterocycles. The molecule has 2 fully saturated rings. The molecule has 1 aromatic carbocycles. The highest BCUT2D eigenvalue weighted by atomic mass is 16.5. The molecule has 0 aromatic heterocycles. The van der Waals surface area contributed by atoms with Crippen LogP contribution in [0.25, 0.3) is 0 Å². The predicted molar refractivity (Wildman–Crippen MR) is 83.0 cm³/mol. The maximum atomic E-state index is 6.12. The highest BCUT2D eigenvalue weighted by Crippen LogP contribution is 2.42. The van der Waals surface area contributed by atoms with Crippen LogP contribution in [0.1, 0.15) is 62.2 Å². The van der Waals surface area contributed by atoms with E-state index in [1.54, 1.807) is 0 Å². The molecule has 0 amide bonds. The van der Waals surface area contributed by atoms with Crippen LogP contribution in [0, 0.1) is 5.92 Å². The Kier molecular flexibility index (Phi) is 4.74. The van der Waals surface area contributed by atoms with Gasteiger partial charge in [-0.3, -0.25) is 0 Å². The highest BCUT2D eigenvalue weighted by molar-refractivity contribution is 5.31. The summed E-state index contributed by atoms with van der Waals surface area (Å²) in [5, 5.41) is 3.57. The second-order valence-electron chi connectivity index (χ2n) is 6.34. The van der Waals surface area contributed by atoms with Gasteiger partial charge in [0.2, 0.25) is 0 Å². The highest BCUT2D eigenvalue weighted by Gasteiger charge is 2.29. The van der Waals surface area contributed by atoms with E-state index in [2.05, 4.69) is 36.5 Å². The van der Waals surface area contributed by atoms with Crippen LogP contribution in [-0.4, -0.2) is 19.7 Å². The van der Waals surface area contributed by atoms with E-state index in [-0.39, 0.29) is 0 Å². The molecule has 1 N–H and O–H groups in total. The third kappa shape index (κ3) is 3.42. The predicted octanol–water partition coefficient (Wildman–Crippen LogP) is 4.03. The fourth-order valence-corrected chi connectivity index (χ4v) is 3.29. The van der Waals surface area contributed by atoms with Crippen LogP contribution in [-0.2, 0) is 4.74 Å². The van der Waals surface area contributed by atoms with Gasteiger partial charge in [-0.25, -0.2) is 0 Å². The lowest BCUT2D eigenvalue weighted by Crippen LogP contribution is -2.32.